The van der Waals surface area contributed by atoms with Crippen LogP contribution in [0.15, 0.2) is 0 Å². The summed E-state index contributed by atoms with van der Waals surface area (Å²) in [6, 6.07) is -0.373. The molecule has 2 fully saturated rings. The molecule has 25 heavy (non-hydrogen) atoms. The van der Waals surface area contributed by atoms with Gasteiger partial charge >= 0.3 is 0 Å². The van der Waals surface area contributed by atoms with Gasteiger partial charge in [0, 0.05) is 35.3 Å². The summed E-state index contributed by atoms with van der Waals surface area (Å²) in [6.07, 6.45) is 4.21. The number of carbonyl (C=O) groups is 1. The first-order chi connectivity index (χ1) is 12.0. The summed E-state index contributed by atoms with van der Waals surface area (Å²) in [7, 11) is 6.63. The van der Waals surface area contributed by atoms with Gasteiger partial charge in [0.1, 0.15) is 24.4 Å². The van der Waals surface area contributed by atoms with E-state index in [0.29, 0.717) is 6.61 Å². The van der Waals surface area contributed by atoms with Crippen LogP contribution in [0.3, 0.4) is 0 Å². The van der Waals surface area contributed by atoms with E-state index < -0.39 is 6.29 Å². The zero-order chi connectivity index (χ0) is 18.4. The second-order valence-corrected chi connectivity index (χ2v) is 6.92. The summed E-state index contributed by atoms with van der Waals surface area (Å²) in [6.45, 7) is 1.91. The van der Waals surface area contributed by atoms with Crippen LogP contribution in [0.4, 0.5) is 0 Å². The van der Waals surface area contributed by atoms with E-state index in [9.17, 15) is 4.79 Å². The Labute approximate surface area is 150 Å². The maximum absolute atomic E-state index is 12.0. The third-order valence-corrected chi connectivity index (χ3v) is 5.31. The third-order valence-electron chi connectivity index (χ3n) is 5.31. The van der Waals surface area contributed by atoms with Crippen LogP contribution < -0.4 is 0 Å². The Morgan fingerprint density at radius 2 is 1.72 bits per heavy atom. The summed E-state index contributed by atoms with van der Waals surface area (Å²) < 4.78 is 29.2. The molecule has 7 nitrogen and oxygen atoms in total. The molecule has 0 spiro atoms. The van der Waals surface area contributed by atoms with E-state index in [-0.39, 0.29) is 36.4 Å². The van der Waals surface area contributed by atoms with Crippen molar-refractivity contribution in [3.05, 3.63) is 0 Å². The first-order valence-electron chi connectivity index (χ1n) is 9.12. The van der Waals surface area contributed by atoms with Gasteiger partial charge < -0.3 is 28.6 Å². The Kier molecular flexibility index (Phi) is 8.09. The number of amides is 1. The van der Waals surface area contributed by atoms with Crippen LogP contribution in [-0.2, 0) is 28.5 Å². The molecule has 2 aliphatic rings. The lowest BCUT2D eigenvalue weighted by molar-refractivity contribution is -0.303. The van der Waals surface area contributed by atoms with Crippen LogP contribution in [0.25, 0.3) is 0 Å². The lowest BCUT2D eigenvalue weighted by atomic mass is 9.94. The van der Waals surface area contributed by atoms with Crippen LogP contribution in [0, 0.1) is 0 Å². The van der Waals surface area contributed by atoms with Gasteiger partial charge in [-0.1, -0.05) is 19.3 Å². The Morgan fingerprint density at radius 1 is 1.08 bits per heavy atom. The van der Waals surface area contributed by atoms with E-state index >= 15 is 0 Å². The highest BCUT2D eigenvalue weighted by Crippen LogP contribution is 2.32. The smallest absolute Gasteiger partial charge is 0.219 e. The van der Waals surface area contributed by atoms with Crippen molar-refractivity contribution in [1.82, 2.24) is 4.90 Å². The van der Waals surface area contributed by atoms with Gasteiger partial charge in [0.25, 0.3) is 0 Å². The van der Waals surface area contributed by atoms with Crippen LogP contribution >= 0.6 is 0 Å². The molecule has 0 aromatic carbocycles. The van der Waals surface area contributed by atoms with Crippen LogP contribution in [0.2, 0.25) is 0 Å². The van der Waals surface area contributed by atoms with Crippen molar-refractivity contribution in [2.24, 2.45) is 0 Å². The number of nitrogens with zero attached hydrogens (tertiary/aromatic N) is 1. The van der Waals surface area contributed by atoms with Gasteiger partial charge in [-0.25, -0.2) is 0 Å². The lowest BCUT2D eigenvalue weighted by Gasteiger charge is -2.48. The quantitative estimate of drug-likeness (QED) is 0.688. The highest BCUT2D eigenvalue weighted by Gasteiger charge is 2.50. The Balaban J connectivity index is 2.24. The molecule has 1 aliphatic heterocycles. The summed E-state index contributed by atoms with van der Waals surface area (Å²) in [4.78, 5) is 13.7. The fraction of sp³-hybridized carbons (Fsp3) is 0.944. The van der Waals surface area contributed by atoms with E-state index in [2.05, 4.69) is 0 Å². The molecule has 1 saturated carbocycles. The summed E-state index contributed by atoms with van der Waals surface area (Å²) in [5, 5.41) is 0. The van der Waals surface area contributed by atoms with E-state index in [4.69, 9.17) is 23.7 Å². The molecule has 1 aliphatic carbocycles. The standard InChI is InChI=1S/C18H33NO6/c1-12(20)19(2)15-17(23-5)16(22-4)14(11-21-3)25-18(15)24-13-9-7-6-8-10-13/h13-18H,6-11H2,1-5H3/t14-,15-,16-,17-,18+/m1/s1. The maximum atomic E-state index is 12.0. The number of carbonyl (C=O) groups excluding carboxylic acids is 1. The average molecular weight is 359 g/mol. The van der Waals surface area contributed by atoms with E-state index in [1.54, 1.807) is 33.3 Å². The average Bonchev–Trinajstić information content (AvgIpc) is 2.61. The zero-order valence-electron chi connectivity index (χ0n) is 16.1. The Hall–Kier alpha value is -0.730. The largest absolute Gasteiger partial charge is 0.382 e. The van der Waals surface area contributed by atoms with Crippen LogP contribution in [0.1, 0.15) is 39.0 Å². The number of methoxy groups -OCH3 is 3. The van der Waals surface area contributed by atoms with Gasteiger partial charge in [-0.2, -0.15) is 0 Å². The maximum Gasteiger partial charge on any atom is 0.219 e. The van der Waals surface area contributed by atoms with Crippen molar-refractivity contribution in [3.63, 3.8) is 0 Å². The monoisotopic (exact) mass is 359 g/mol. The molecule has 0 radical (unpaired) electrons. The van der Waals surface area contributed by atoms with Gasteiger partial charge in [0.15, 0.2) is 6.29 Å². The van der Waals surface area contributed by atoms with Crippen molar-refractivity contribution < 1.29 is 28.5 Å². The molecular formula is C18H33NO6. The second kappa shape index (κ2) is 9.83. The SMILES string of the molecule is COC[C@H]1O[C@H](OC2CCCCC2)[C@H](N(C)C(C)=O)[C@@H](OC)[C@@H]1OC. The minimum atomic E-state index is -0.562. The molecular weight excluding hydrogens is 326 g/mol. The number of rotatable bonds is 7. The predicted molar refractivity (Wildman–Crippen MR) is 92.3 cm³/mol. The van der Waals surface area contributed by atoms with Gasteiger partial charge in [0.2, 0.25) is 5.91 Å². The molecule has 7 heteroatoms. The lowest BCUT2D eigenvalue weighted by Crippen LogP contribution is -2.66. The first-order valence-corrected chi connectivity index (χ1v) is 9.12. The van der Waals surface area contributed by atoms with Crippen molar-refractivity contribution >= 4 is 5.91 Å². The fourth-order valence-corrected chi connectivity index (χ4v) is 3.87. The Morgan fingerprint density at radius 3 is 2.24 bits per heavy atom. The highest BCUT2D eigenvalue weighted by molar-refractivity contribution is 5.73. The van der Waals surface area contributed by atoms with Crippen LogP contribution in [-0.4, -0.2) is 82.5 Å². The van der Waals surface area contributed by atoms with E-state index in [1.807, 2.05) is 0 Å². The molecule has 0 unspecified atom stereocenters. The molecule has 2 rings (SSSR count). The number of hydrogen-bond donors (Lipinski definition) is 0. The Bertz CT molecular complexity index is 414. The van der Waals surface area contributed by atoms with Crippen molar-refractivity contribution in [1.29, 1.82) is 0 Å². The minimum absolute atomic E-state index is 0.0621. The molecule has 5 atom stereocenters. The summed E-state index contributed by atoms with van der Waals surface area (Å²) >= 11 is 0. The van der Waals surface area contributed by atoms with Gasteiger partial charge in [-0.15, -0.1) is 0 Å². The van der Waals surface area contributed by atoms with Crippen molar-refractivity contribution in [2.75, 3.05) is 35.0 Å². The fourth-order valence-electron chi connectivity index (χ4n) is 3.87. The topological polar surface area (TPSA) is 66.5 Å². The molecule has 1 amide bonds. The molecule has 1 heterocycles. The first kappa shape index (κ1) is 20.6. The zero-order valence-corrected chi connectivity index (χ0v) is 16.1. The van der Waals surface area contributed by atoms with Gasteiger partial charge in [-0.05, 0) is 12.8 Å². The van der Waals surface area contributed by atoms with Crippen molar-refractivity contribution in [3.8, 4) is 0 Å². The summed E-state index contributed by atoms with van der Waals surface area (Å²) in [5.74, 6) is -0.0621. The van der Waals surface area contributed by atoms with Crippen LogP contribution in [0.5, 0.6) is 0 Å². The third kappa shape index (κ3) is 4.92. The number of hydrogen-bond acceptors (Lipinski definition) is 6. The molecule has 0 bridgehead atoms. The molecule has 0 aromatic heterocycles. The minimum Gasteiger partial charge on any atom is -0.382 e. The molecule has 0 N–H and O–H groups in total. The van der Waals surface area contributed by atoms with Gasteiger partial charge in [0.05, 0.1) is 12.7 Å². The second-order valence-electron chi connectivity index (χ2n) is 6.92. The number of ether oxygens (including phenoxy) is 5. The summed E-state index contributed by atoms with van der Waals surface area (Å²) in [5.41, 5.74) is 0. The molecule has 1 saturated heterocycles. The molecule has 0 aromatic rings. The predicted octanol–water partition coefficient (Wildman–Crippen LogP) is 1.58. The van der Waals surface area contributed by atoms with Gasteiger partial charge in [-0.3, -0.25) is 4.79 Å². The molecule has 146 valence electrons. The van der Waals surface area contributed by atoms with E-state index in [1.165, 1.54) is 26.2 Å². The highest BCUT2D eigenvalue weighted by atomic mass is 16.7. The van der Waals surface area contributed by atoms with Crippen molar-refractivity contribution in [2.45, 2.75) is 75.8 Å². The normalized spacial score (nSPS) is 34.0. The number of likely N-dealkylation sites (N-methyl/N-ethyl adjacent to an activating group) is 1. The van der Waals surface area contributed by atoms with E-state index in [0.717, 1.165) is 12.8 Å².